The lowest BCUT2D eigenvalue weighted by Gasteiger charge is -2.39. The topological polar surface area (TPSA) is 84.5 Å². The Morgan fingerprint density at radius 1 is 1.10 bits per heavy atom. The van der Waals surface area contributed by atoms with Gasteiger partial charge in [-0.3, -0.25) is 14.3 Å². The molecule has 2 aliphatic rings. The molecule has 9 heteroatoms. The SMILES string of the molecule is CN1C(=O)CCC(C(=O)N2C[C@@H](N)[C@H](c3ccccc3)C2)C1c1cnn(C)c1.Cl.Cl. The van der Waals surface area contributed by atoms with E-state index in [2.05, 4.69) is 17.2 Å². The van der Waals surface area contributed by atoms with Crippen LogP contribution in [-0.4, -0.2) is 57.6 Å². The molecule has 0 saturated carbocycles. The minimum absolute atomic E-state index is 0. The smallest absolute Gasteiger partial charge is 0.228 e. The Kier molecular flexibility index (Phi) is 7.91. The van der Waals surface area contributed by atoms with Gasteiger partial charge >= 0.3 is 0 Å². The number of amides is 2. The van der Waals surface area contributed by atoms with Crippen molar-refractivity contribution in [3.05, 3.63) is 53.9 Å². The molecule has 0 bridgehead atoms. The number of piperidine rings is 1. The quantitative estimate of drug-likeness (QED) is 0.770. The van der Waals surface area contributed by atoms with E-state index in [-0.39, 0.29) is 60.5 Å². The van der Waals surface area contributed by atoms with E-state index in [4.69, 9.17) is 5.73 Å². The third-order valence-corrected chi connectivity index (χ3v) is 6.15. The zero-order chi connectivity index (χ0) is 19.8. The van der Waals surface area contributed by atoms with Crippen LogP contribution in [0.4, 0.5) is 0 Å². The Balaban J connectivity index is 0.00000160. The van der Waals surface area contributed by atoms with E-state index in [1.807, 2.05) is 36.3 Å². The van der Waals surface area contributed by atoms with E-state index in [1.165, 1.54) is 5.56 Å². The lowest BCUT2D eigenvalue weighted by atomic mass is 9.84. The first kappa shape index (κ1) is 24.2. The van der Waals surface area contributed by atoms with Gasteiger partial charge in [0.15, 0.2) is 0 Å². The summed E-state index contributed by atoms with van der Waals surface area (Å²) in [6.45, 7) is 1.17. The number of aryl methyl sites for hydroxylation is 1. The van der Waals surface area contributed by atoms with Crippen LogP contribution < -0.4 is 5.73 Å². The fourth-order valence-electron chi connectivity index (χ4n) is 4.64. The van der Waals surface area contributed by atoms with Gasteiger partial charge in [0.2, 0.25) is 11.8 Å². The van der Waals surface area contributed by atoms with Crippen molar-refractivity contribution in [3.63, 3.8) is 0 Å². The van der Waals surface area contributed by atoms with E-state index in [0.29, 0.717) is 25.9 Å². The number of nitrogens with zero attached hydrogens (tertiary/aromatic N) is 4. The second-order valence-corrected chi connectivity index (χ2v) is 7.97. The zero-order valence-electron chi connectivity index (χ0n) is 17.2. The van der Waals surface area contributed by atoms with Crippen molar-refractivity contribution < 1.29 is 9.59 Å². The van der Waals surface area contributed by atoms with Crippen LogP contribution in [0.3, 0.4) is 0 Å². The summed E-state index contributed by atoms with van der Waals surface area (Å²) >= 11 is 0. The van der Waals surface area contributed by atoms with Gasteiger partial charge in [0.25, 0.3) is 0 Å². The third kappa shape index (κ3) is 4.48. The summed E-state index contributed by atoms with van der Waals surface area (Å²) in [4.78, 5) is 29.4. The largest absolute Gasteiger partial charge is 0.340 e. The molecule has 2 saturated heterocycles. The number of hydrogen-bond acceptors (Lipinski definition) is 4. The van der Waals surface area contributed by atoms with Gasteiger partial charge in [0, 0.05) is 57.3 Å². The van der Waals surface area contributed by atoms with Crippen LogP contribution in [0.1, 0.15) is 35.9 Å². The minimum atomic E-state index is -0.283. The van der Waals surface area contributed by atoms with Crippen LogP contribution in [0.15, 0.2) is 42.7 Å². The fourth-order valence-corrected chi connectivity index (χ4v) is 4.64. The Bertz CT molecular complexity index is 875. The lowest BCUT2D eigenvalue weighted by Crippen LogP contribution is -2.47. The maximum absolute atomic E-state index is 13.5. The molecule has 0 aliphatic carbocycles. The highest BCUT2D eigenvalue weighted by Gasteiger charge is 2.43. The molecule has 7 nitrogen and oxygen atoms in total. The van der Waals surface area contributed by atoms with E-state index in [0.717, 1.165) is 5.56 Å². The highest BCUT2D eigenvalue weighted by atomic mass is 35.5. The van der Waals surface area contributed by atoms with Crippen molar-refractivity contribution in [2.45, 2.75) is 30.8 Å². The Hall–Kier alpha value is -2.09. The summed E-state index contributed by atoms with van der Waals surface area (Å²) < 4.78 is 1.71. The molecule has 1 aromatic carbocycles. The number of aromatic nitrogens is 2. The van der Waals surface area contributed by atoms with E-state index in [9.17, 15) is 9.59 Å². The molecule has 2 amide bonds. The molecule has 2 aromatic rings. The van der Waals surface area contributed by atoms with Gasteiger partial charge in [-0.05, 0) is 12.0 Å². The molecule has 2 aliphatic heterocycles. The van der Waals surface area contributed by atoms with Gasteiger partial charge < -0.3 is 15.5 Å². The fraction of sp³-hybridized carbons (Fsp3) is 0.476. The predicted octanol–water partition coefficient (Wildman–Crippen LogP) is 2.13. The van der Waals surface area contributed by atoms with Crippen molar-refractivity contribution >= 4 is 36.6 Å². The molecular formula is C21H29Cl2N5O2. The first-order valence-electron chi connectivity index (χ1n) is 9.79. The Morgan fingerprint density at radius 2 is 1.80 bits per heavy atom. The highest BCUT2D eigenvalue weighted by Crippen LogP contribution is 2.38. The molecule has 1 aromatic heterocycles. The average Bonchev–Trinajstić information content (AvgIpc) is 3.29. The molecular weight excluding hydrogens is 425 g/mol. The maximum atomic E-state index is 13.5. The second kappa shape index (κ2) is 9.81. The van der Waals surface area contributed by atoms with E-state index < -0.39 is 0 Å². The first-order valence-corrected chi connectivity index (χ1v) is 9.79. The minimum Gasteiger partial charge on any atom is -0.340 e. The Labute approximate surface area is 189 Å². The van der Waals surface area contributed by atoms with Crippen LogP contribution in [0.5, 0.6) is 0 Å². The van der Waals surface area contributed by atoms with Gasteiger partial charge in [-0.25, -0.2) is 0 Å². The van der Waals surface area contributed by atoms with Crippen molar-refractivity contribution in [2.75, 3.05) is 20.1 Å². The molecule has 4 atom stereocenters. The normalized spacial score (nSPS) is 26.2. The molecule has 2 unspecified atom stereocenters. The molecule has 164 valence electrons. The number of hydrogen-bond donors (Lipinski definition) is 1. The summed E-state index contributed by atoms with van der Waals surface area (Å²) in [5.74, 6) is 0.0267. The Morgan fingerprint density at radius 3 is 2.43 bits per heavy atom. The lowest BCUT2D eigenvalue weighted by molar-refractivity contribution is -0.146. The standard InChI is InChI=1S/C21H27N5O2.2ClH/c1-24-11-15(10-23-24)20-16(8-9-19(27)25(20)2)21(28)26-12-17(18(22)13-26)14-6-4-3-5-7-14;;/h3-7,10-11,16-18,20H,8-9,12-13,22H2,1-2H3;2*1H/t16?,17-,18+,20?;;/m0../s1. The van der Waals surface area contributed by atoms with Crippen molar-refractivity contribution in [3.8, 4) is 0 Å². The third-order valence-electron chi connectivity index (χ3n) is 6.15. The van der Waals surface area contributed by atoms with Crippen LogP contribution in [-0.2, 0) is 16.6 Å². The number of carbonyl (C=O) groups is 2. The molecule has 2 N–H and O–H groups in total. The summed E-state index contributed by atoms with van der Waals surface area (Å²) in [6, 6.07) is 9.79. The molecule has 2 fully saturated rings. The zero-order valence-corrected chi connectivity index (χ0v) is 18.8. The number of benzene rings is 1. The molecule has 3 heterocycles. The number of carbonyl (C=O) groups excluding carboxylic acids is 2. The van der Waals surface area contributed by atoms with Crippen LogP contribution in [0.25, 0.3) is 0 Å². The van der Waals surface area contributed by atoms with Crippen molar-refractivity contribution in [2.24, 2.45) is 18.7 Å². The number of halogens is 2. The van der Waals surface area contributed by atoms with Crippen LogP contribution in [0.2, 0.25) is 0 Å². The van der Waals surface area contributed by atoms with Crippen LogP contribution in [0, 0.1) is 5.92 Å². The summed E-state index contributed by atoms with van der Waals surface area (Å²) in [5, 5.41) is 4.24. The second-order valence-electron chi connectivity index (χ2n) is 7.97. The van der Waals surface area contributed by atoms with Gasteiger partial charge in [0.1, 0.15) is 0 Å². The number of nitrogens with two attached hydrogens (primary N) is 1. The maximum Gasteiger partial charge on any atom is 0.228 e. The number of rotatable bonds is 3. The predicted molar refractivity (Wildman–Crippen MR) is 120 cm³/mol. The van der Waals surface area contributed by atoms with Crippen LogP contribution >= 0.6 is 24.8 Å². The highest BCUT2D eigenvalue weighted by molar-refractivity contribution is 5.86. The molecule has 0 radical (unpaired) electrons. The van der Waals surface area contributed by atoms with Gasteiger partial charge in [0.05, 0.1) is 18.2 Å². The van der Waals surface area contributed by atoms with E-state index >= 15 is 0 Å². The summed E-state index contributed by atoms with van der Waals surface area (Å²) in [7, 11) is 3.62. The number of likely N-dealkylation sites (tertiary alicyclic amines) is 2. The monoisotopic (exact) mass is 453 g/mol. The van der Waals surface area contributed by atoms with Gasteiger partial charge in [-0.15, -0.1) is 24.8 Å². The van der Waals surface area contributed by atoms with Crippen molar-refractivity contribution in [1.29, 1.82) is 0 Å². The van der Waals surface area contributed by atoms with Gasteiger partial charge in [-0.1, -0.05) is 30.3 Å². The average molecular weight is 454 g/mol. The molecule has 30 heavy (non-hydrogen) atoms. The van der Waals surface area contributed by atoms with E-state index in [1.54, 1.807) is 22.8 Å². The first-order chi connectivity index (χ1) is 13.5. The van der Waals surface area contributed by atoms with Gasteiger partial charge in [-0.2, -0.15) is 5.10 Å². The van der Waals surface area contributed by atoms with Crippen molar-refractivity contribution in [1.82, 2.24) is 19.6 Å². The molecule has 0 spiro atoms. The summed E-state index contributed by atoms with van der Waals surface area (Å²) in [5.41, 5.74) is 8.47. The molecule has 4 rings (SSSR count). The summed E-state index contributed by atoms with van der Waals surface area (Å²) in [6.07, 6.45) is 4.60.